The minimum absolute atomic E-state index is 0.0376. The van der Waals surface area contributed by atoms with Crippen LogP contribution in [0.1, 0.15) is 109 Å². The van der Waals surface area contributed by atoms with Crippen LogP contribution in [-0.2, 0) is 19.6 Å². The molecule has 4 atom stereocenters. The molecule has 0 spiro atoms. The maximum Gasteiger partial charge on any atom is 0.339 e. The molecule has 1 aromatic carbocycles. The van der Waals surface area contributed by atoms with Gasteiger partial charge in [-0.25, -0.2) is 13.2 Å². The molecular weight excluding hydrogens is 486 g/mol. The summed E-state index contributed by atoms with van der Waals surface area (Å²) in [5.74, 6) is -0.324. The highest BCUT2D eigenvalue weighted by molar-refractivity contribution is 7.89. The van der Waals surface area contributed by atoms with Gasteiger partial charge in [0.15, 0.2) is 6.10 Å². The molecule has 1 unspecified atom stereocenters. The van der Waals surface area contributed by atoms with Gasteiger partial charge >= 0.3 is 5.97 Å². The SMILES string of the molecule is CC1(C)[C@@H]2CC[C@@]1(CS(=O)(=O)N(C1CCCCC1)C1CCCCC1)[C@H](OC(=O)C(O)c1ccccc1)C2. The highest BCUT2D eigenvalue weighted by atomic mass is 32.2. The van der Waals surface area contributed by atoms with Gasteiger partial charge in [-0.05, 0) is 61.8 Å². The predicted octanol–water partition coefficient (Wildman–Crippen LogP) is 5.76. The lowest BCUT2D eigenvalue weighted by atomic mass is 9.69. The van der Waals surface area contributed by atoms with Crippen LogP contribution in [0.15, 0.2) is 30.3 Å². The van der Waals surface area contributed by atoms with Gasteiger partial charge in [0.05, 0.1) is 5.75 Å². The Bertz CT molecular complexity index is 1030. The Morgan fingerprint density at radius 3 is 2.08 bits per heavy atom. The Hall–Kier alpha value is -1.44. The van der Waals surface area contributed by atoms with E-state index >= 15 is 0 Å². The molecule has 4 fully saturated rings. The summed E-state index contributed by atoms with van der Waals surface area (Å²) in [7, 11) is -3.58. The number of sulfonamides is 1. The van der Waals surface area contributed by atoms with Crippen molar-refractivity contribution in [2.45, 2.75) is 122 Å². The second-order valence-electron chi connectivity index (χ2n) is 12.8. The van der Waals surface area contributed by atoms with Gasteiger partial charge in [0, 0.05) is 17.5 Å². The third-order valence-corrected chi connectivity index (χ3v) is 12.7. The molecule has 1 aromatic rings. The number of nitrogens with zero attached hydrogens (tertiary/aromatic N) is 1. The topological polar surface area (TPSA) is 83.9 Å². The van der Waals surface area contributed by atoms with Crippen LogP contribution in [-0.4, -0.2) is 47.7 Å². The summed E-state index contributed by atoms with van der Waals surface area (Å²) in [5, 5.41) is 10.7. The lowest BCUT2D eigenvalue weighted by Crippen LogP contribution is -2.54. The van der Waals surface area contributed by atoms with Crippen molar-refractivity contribution >= 4 is 16.0 Å². The molecular formula is C30H45NO5S. The molecule has 0 radical (unpaired) electrons. The number of ether oxygens (including phenoxy) is 1. The first kappa shape index (κ1) is 27.1. The molecule has 0 aromatic heterocycles. The van der Waals surface area contributed by atoms with Crippen molar-refractivity contribution in [2.75, 3.05) is 5.75 Å². The second kappa shape index (κ2) is 10.6. The summed E-state index contributed by atoms with van der Waals surface area (Å²) >= 11 is 0. The van der Waals surface area contributed by atoms with Crippen molar-refractivity contribution in [2.24, 2.45) is 16.7 Å². The Kier molecular flexibility index (Phi) is 7.78. The van der Waals surface area contributed by atoms with E-state index in [2.05, 4.69) is 13.8 Å². The van der Waals surface area contributed by atoms with Crippen LogP contribution in [0.5, 0.6) is 0 Å². The summed E-state index contributed by atoms with van der Waals surface area (Å²) in [6.45, 7) is 4.35. The number of aliphatic hydroxyl groups excluding tert-OH is 1. The lowest BCUT2D eigenvalue weighted by molar-refractivity contribution is -0.167. The molecule has 0 aliphatic heterocycles. The maximum absolute atomic E-state index is 14.5. The van der Waals surface area contributed by atoms with Crippen LogP contribution in [0.25, 0.3) is 0 Å². The van der Waals surface area contributed by atoms with E-state index in [1.54, 1.807) is 24.3 Å². The number of hydrogen-bond acceptors (Lipinski definition) is 5. The van der Waals surface area contributed by atoms with Crippen molar-refractivity contribution in [3.63, 3.8) is 0 Å². The Labute approximate surface area is 223 Å². The number of carbonyl (C=O) groups excluding carboxylic acids is 1. The van der Waals surface area contributed by atoms with Gasteiger partial charge in [0.1, 0.15) is 6.10 Å². The van der Waals surface area contributed by atoms with Gasteiger partial charge < -0.3 is 9.84 Å². The van der Waals surface area contributed by atoms with Crippen LogP contribution in [0, 0.1) is 16.7 Å². The first-order valence-corrected chi connectivity index (χ1v) is 16.2. The van der Waals surface area contributed by atoms with Crippen LogP contribution in [0.4, 0.5) is 0 Å². The summed E-state index contributed by atoms with van der Waals surface area (Å²) in [6, 6.07) is 9.02. The zero-order valence-electron chi connectivity index (χ0n) is 22.6. The lowest BCUT2D eigenvalue weighted by Gasteiger charge is -2.46. The fourth-order valence-electron chi connectivity index (χ4n) is 8.31. The van der Waals surface area contributed by atoms with E-state index in [4.69, 9.17) is 4.74 Å². The first-order valence-electron chi connectivity index (χ1n) is 14.6. The molecule has 0 heterocycles. The number of fused-ring (bicyclic) bond motifs is 2. The van der Waals surface area contributed by atoms with Gasteiger partial charge in [0.25, 0.3) is 0 Å². The Morgan fingerprint density at radius 2 is 1.54 bits per heavy atom. The minimum atomic E-state index is -3.58. The van der Waals surface area contributed by atoms with Gasteiger partial charge in [-0.1, -0.05) is 82.7 Å². The van der Waals surface area contributed by atoms with Crippen LogP contribution >= 0.6 is 0 Å². The molecule has 1 N–H and O–H groups in total. The molecule has 206 valence electrons. The van der Waals surface area contributed by atoms with E-state index in [-0.39, 0.29) is 23.3 Å². The van der Waals surface area contributed by atoms with E-state index in [0.717, 1.165) is 64.2 Å². The van der Waals surface area contributed by atoms with Crippen LogP contribution in [0.2, 0.25) is 0 Å². The maximum atomic E-state index is 14.5. The number of hydrogen-bond donors (Lipinski definition) is 1. The largest absolute Gasteiger partial charge is 0.460 e. The van der Waals surface area contributed by atoms with Crippen molar-refractivity contribution < 1.29 is 23.1 Å². The van der Waals surface area contributed by atoms with Crippen molar-refractivity contribution in [3.05, 3.63) is 35.9 Å². The van der Waals surface area contributed by atoms with E-state index in [9.17, 15) is 18.3 Å². The minimum Gasteiger partial charge on any atom is -0.460 e. The molecule has 37 heavy (non-hydrogen) atoms. The highest BCUT2D eigenvalue weighted by Crippen LogP contribution is 2.67. The number of carbonyl (C=O) groups is 1. The zero-order chi connectivity index (χ0) is 26.3. The molecule has 5 rings (SSSR count). The van der Waals surface area contributed by atoms with E-state index in [1.165, 1.54) is 12.8 Å². The van der Waals surface area contributed by atoms with Gasteiger partial charge in [-0.15, -0.1) is 0 Å². The summed E-state index contributed by atoms with van der Waals surface area (Å²) in [4.78, 5) is 13.1. The molecule has 0 amide bonds. The molecule has 6 nitrogen and oxygen atoms in total. The zero-order valence-corrected chi connectivity index (χ0v) is 23.4. The van der Waals surface area contributed by atoms with Gasteiger partial charge in [0.2, 0.25) is 10.0 Å². The highest BCUT2D eigenvalue weighted by Gasteiger charge is 2.67. The quantitative estimate of drug-likeness (QED) is 0.432. The number of aliphatic hydroxyl groups is 1. The average molecular weight is 532 g/mol. The predicted molar refractivity (Wildman–Crippen MR) is 144 cm³/mol. The first-order chi connectivity index (χ1) is 17.7. The Balaban J connectivity index is 1.42. The normalized spacial score (nSPS) is 31.5. The van der Waals surface area contributed by atoms with Crippen molar-refractivity contribution in [1.29, 1.82) is 0 Å². The monoisotopic (exact) mass is 531 g/mol. The molecule has 2 bridgehead atoms. The Morgan fingerprint density at radius 1 is 0.973 bits per heavy atom. The smallest absolute Gasteiger partial charge is 0.339 e. The molecule has 4 aliphatic carbocycles. The van der Waals surface area contributed by atoms with E-state index in [1.807, 2.05) is 10.4 Å². The molecule has 4 saturated carbocycles. The fraction of sp³-hybridized carbons (Fsp3) is 0.767. The number of benzene rings is 1. The van der Waals surface area contributed by atoms with Crippen molar-refractivity contribution in [3.8, 4) is 0 Å². The van der Waals surface area contributed by atoms with E-state index < -0.39 is 33.6 Å². The summed E-state index contributed by atoms with van der Waals surface area (Å²) < 4.78 is 37.0. The van der Waals surface area contributed by atoms with Crippen LogP contribution < -0.4 is 0 Å². The fourth-order valence-corrected chi connectivity index (χ4v) is 11.1. The van der Waals surface area contributed by atoms with Crippen LogP contribution in [0.3, 0.4) is 0 Å². The standard InChI is InChI=1S/C30H45NO5S/c1-29(2)23-18-19-30(29,26(20-23)36-28(33)27(32)22-12-6-3-7-13-22)21-37(34,35)31(24-14-8-4-9-15-24)25-16-10-5-11-17-25/h3,6-7,12-13,23-27,32H,4-5,8-11,14-21H2,1-2H3/t23-,26-,27?,30-/m1/s1. The third kappa shape index (κ3) is 5.00. The second-order valence-corrected chi connectivity index (χ2v) is 14.6. The summed E-state index contributed by atoms with van der Waals surface area (Å²) in [6.07, 6.45) is 11.1. The molecule has 7 heteroatoms. The van der Waals surface area contributed by atoms with E-state index in [0.29, 0.717) is 17.9 Å². The number of rotatable bonds is 8. The average Bonchev–Trinajstić information content (AvgIpc) is 3.24. The number of esters is 1. The third-order valence-electron chi connectivity index (χ3n) is 10.6. The molecule has 4 aliphatic rings. The summed E-state index contributed by atoms with van der Waals surface area (Å²) in [5.41, 5.74) is -0.394. The molecule has 0 saturated heterocycles. The van der Waals surface area contributed by atoms with Crippen molar-refractivity contribution in [1.82, 2.24) is 4.31 Å². The van der Waals surface area contributed by atoms with Gasteiger partial charge in [-0.3, -0.25) is 0 Å². The van der Waals surface area contributed by atoms with Gasteiger partial charge in [-0.2, -0.15) is 4.31 Å².